The number of methoxy groups -OCH3 is 1. The number of aromatic nitrogens is 3. The van der Waals surface area contributed by atoms with E-state index in [4.69, 9.17) is 47.9 Å². The fourth-order valence-corrected chi connectivity index (χ4v) is 6.87. The minimum Gasteiger partial charge on any atom is -0.480 e. The summed E-state index contributed by atoms with van der Waals surface area (Å²) >= 11 is 14.0. The molecule has 2 aromatic carbocycles. The second-order valence-electron chi connectivity index (χ2n) is 12.0. The Morgan fingerprint density at radius 3 is 2.56 bits per heavy atom. The van der Waals surface area contributed by atoms with E-state index in [0.29, 0.717) is 81.5 Å². The van der Waals surface area contributed by atoms with Crippen molar-refractivity contribution in [3.63, 3.8) is 0 Å². The number of hydrogen-bond donors (Lipinski definition) is 1. The number of rotatable bonds is 12. The van der Waals surface area contributed by atoms with Crippen LogP contribution in [0.5, 0.6) is 11.6 Å². The second-order valence-corrected chi connectivity index (χ2v) is 12.8. The number of ketones is 1. The number of carbonyl (C=O) groups excluding carboxylic acids is 1. The van der Waals surface area contributed by atoms with E-state index in [1.807, 2.05) is 42.5 Å². The molecule has 0 spiro atoms. The Morgan fingerprint density at radius 2 is 1.83 bits per heavy atom. The first kappa shape index (κ1) is 33.8. The van der Waals surface area contributed by atoms with Crippen molar-refractivity contribution >= 4 is 29.0 Å². The summed E-state index contributed by atoms with van der Waals surface area (Å²) in [6.45, 7) is 6.17. The van der Waals surface area contributed by atoms with Crippen LogP contribution >= 0.6 is 23.2 Å². The summed E-state index contributed by atoms with van der Waals surface area (Å²) in [6, 6.07) is 14.8. The number of hydrogen-bond acceptors (Lipinski definition) is 10. The van der Waals surface area contributed by atoms with Crippen LogP contribution in [0.2, 0.25) is 10.0 Å². The lowest BCUT2D eigenvalue weighted by Crippen LogP contribution is -2.50. The number of halogens is 2. The first-order valence-electron chi connectivity index (χ1n) is 15.9. The first-order chi connectivity index (χ1) is 23.3. The molecule has 1 saturated heterocycles. The maximum atomic E-state index is 13.7. The van der Waals surface area contributed by atoms with Crippen LogP contribution in [-0.2, 0) is 25.9 Å². The van der Waals surface area contributed by atoms with Crippen molar-refractivity contribution in [2.24, 2.45) is 0 Å². The minimum atomic E-state index is -0.312. The van der Waals surface area contributed by atoms with Crippen molar-refractivity contribution in [1.82, 2.24) is 24.8 Å². The van der Waals surface area contributed by atoms with Crippen LogP contribution in [-0.4, -0.2) is 81.6 Å². The molecule has 4 aromatic rings. The number of fused-ring (bicyclic) bond motifs is 1. The third-order valence-corrected chi connectivity index (χ3v) is 9.50. The molecule has 1 N–H and O–H groups in total. The Kier molecular flexibility index (Phi) is 10.5. The van der Waals surface area contributed by atoms with E-state index in [2.05, 4.69) is 21.7 Å². The normalized spacial score (nSPS) is 15.0. The van der Waals surface area contributed by atoms with Crippen LogP contribution in [0.4, 0.5) is 0 Å². The van der Waals surface area contributed by atoms with Crippen LogP contribution in [0.1, 0.15) is 46.3 Å². The number of carbonyl (C=O) groups is 1. The van der Waals surface area contributed by atoms with Crippen molar-refractivity contribution < 1.29 is 19.4 Å². The Balaban J connectivity index is 1.27. The van der Waals surface area contributed by atoms with Gasteiger partial charge in [0.2, 0.25) is 5.88 Å². The van der Waals surface area contributed by atoms with Gasteiger partial charge in [0.25, 0.3) is 0 Å². The van der Waals surface area contributed by atoms with E-state index in [0.717, 1.165) is 37.2 Å². The number of pyridine rings is 1. The molecular weight excluding hydrogens is 651 g/mol. The highest BCUT2D eigenvalue weighted by molar-refractivity contribution is 6.38. The van der Waals surface area contributed by atoms with Crippen LogP contribution < -0.4 is 9.47 Å². The second kappa shape index (κ2) is 15.0. The highest BCUT2D eigenvalue weighted by Gasteiger charge is 2.27. The van der Waals surface area contributed by atoms with Crippen molar-refractivity contribution in [1.29, 1.82) is 5.26 Å². The van der Waals surface area contributed by atoms with E-state index in [1.165, 1.54) is 0 Å². The van der Waals surface area contributed by atoms with Crippen molar-refractivity contribution in [2.75, 3.05) is 39.9 Å². The van der Waals surface area contributed by atoms with Crippen LogP contribution in [0.15, 0.2) is 48.7 Å². The average molecular weight is 688 g/mol. The molecule has 2 aliphatic rings. The Labute approximate surface area is 289 Å². The third kappa shape index (κ3) is 7.16. The smallest absolute Gasteiger partial charge is 0.237 e. The van der Waals surface area contributed by atoms with Gasteiger partial charge in [-0.15, -0.1) is 0 Å². The zero-order valence-corrected chi connectivity index (χ0v) is 28.4. The fraction of sp³-hybridized carbons (Fsp3) is 0.361. The van der Waals surface area contributed by atoms with Gasteiger partial charge in [-0.05, 0) is 24.9 Å². The maximum absolute atomic E-state index is 13.7. The van der Waals surface area contributed by atoms with Gasteiger partial charge in [-0.25, -0.2) is 9.97 Å². The van der Waals surface area contributed by atoms with E-state index >= 15 is 0 Å². The molecule has 248 valence electrons. The number of aliphatic hydroxyl groups excluding tert-OH is 1. The van der Waals surface area contributed by atoms with Crippen molar-refractivity contribution in [2.45, 2.75) is 45.4 Å². The van der Waals surface area contributed by atoms with Crippen LogP contribution in [0.25, 0.3) is 22.4 Å². The molecule has 4 heterocycles. The van der Waals surface area contributed by atoms with Gasteiger partial charge in [-0.3, -0.25) is 19.6 Å². The van der Waals surface area contributed by atoms with Gasteiger partial charge < -0.3 is 14.6 Å². The number of β-amino-alcohol motifs (C(OH)–C–C–N with tert-alkyl or cyclic N) is 1. The predicted octanol–water partition coefficient (Wildman–Crippen LogP) is 5.79. The minimum absolute atomic E-state index is 0.0182. The molecule has 0 amide bonds. The van der Waals surface area contributed by atoms with Gasteiger partial charge in [-0.1, -0.05) is 66.5 Å². The molecule has 0 aliphatic carbocycles. The Bertz CT molecular complexity index is 1870. The predicted molar refractivity (Wildman–Crippen MR) is 183 cm³/mol. The van der Waals surface area contributed by atoms with Gasteiger partial charge in [0, 0.05) is 67.5 Å². The quantitative estimate of drug-likeness (QED) is 0.183. The molecule has 0 bridgehead atoms. The number of benzene rings is 2. The molecule has 48 heavy (non-hydrogen) atoms. The number of nitriles is 1. The molecule has 1 fully saturated rings. The standard InChI is InChI=1S/C36H36Cl2N6O4/c1-3-12-43-13-10-26-30(20-43)41-28(16-33(26)48-14-11-39)32(46)15-22-6-4-7-24(34(22)37)25-8-5-9-27(35(25)38)29-17-40-31(36(42-29)47-2)21-44-18-23(45)19-44/h4-9,16-17,23,45H,3,10,12-15,18-21H2,1-2H3. The summed E-state index contributed by atoms with van der Waals surface area (Å²) < 4.78 is 11.3. The summed E-state index contributed by atoms with van der Waals surface area (Å²) in [5.74, 6) is 0.724. The molecular formula is C36H36Cl2N6O4. The number of nitrogens with zero attached hydrogens (tertiary/aromatic N) is 6. The highest BCUT2D eigenvalue weighted by Crippen LogP contribution is 2.40. The molecule has 2 aliphatic heterocycles. The Morgan fingerprint density at radius 1 is 1.08 bits per heavy atom. The van der Waals surface area contributed by atoms with E-state index in [1.54, 1.807) is 19.4 Å². The average Bonchev–Trinajstić information content (AvgIpc) is 3.07. The largest absolute Gasteiger partial charge is 0.480 e. The fourth-order valence-electron chi connectivity index (χ4n) is 6.25. The molecule has 12 heteroatoms. The molecule has 0 atom stereocenters. The lowest BCUT2D eigenvalue weighted by atomic mass is 9.97. The number of ether oxygens (including phenoxy) is 2. The van der Waals surface area contributed by atoms with E-state index in [-0.39, 0.29) is 30.6 Å². The topological polar surface area (TPSA) is 125 Å². The van der Waals surface area contributed by atoms with Crippen molar-refractivity contribution in [3.8, 4) is 40.1 Å². The summed E-state index contributed by atoms with van der Waals surface area (Å²) in [5.41, 5.74) is 5.91. The zero-order chi connectivity index (χ0) is 33.8. The van der Waals surface area contributed by atoms with E-state index in [9.17, 15) is 9.90 Å². The van der Waals surface area contributed by atoms with Crippen molar-refractivity contribution in [3.05, 3.63) is 86.9 Å². The monoisotopic (exact) mass is 686 g/mol. The van der Waals surface area contributed by atoms with Crippen LogP contribution in [0.3, 0.4) is 0 Å². The summed E-state index contributed by atoms with van der Waals surface area (Å²) in [5, 5.41) is 19.6. The zero-order valence-electron chi connectivity index (χ0n) is 26.9. The number of aliphatic hydroxyl groups is 1. The maximum Gasteiger partial charge on any atom is 0.237 e. The van der Waals surface area contributed by atoms with Gasteiger partial charge in [0.15, 0.2) is 12.4 Å². The molecule has 10 nitrogen and oxygen atoms in total. The summed E-state index contributed by atoms with van der Waals surface area (Å²) in [7, 11) is 1.55. The number of Topliss-reactive ketones (excluding diaryl/α,β-unsaturated/α-hetero) is 1. The number of likely N-dealkylation sites (tertiary alicyclic amines) is 1. The summed E-state index contributed by atoms with van der Waals surface area (Å²) in [6.07, 6.45) is 3.14. The van der Waals surface area contributed by atoms with Gasteiger partial charge in [-0.2, -0.15) is 5.26 Å². The first-order valence-corrected chi connectivity index (χ1v) is 16.7. The highest BCUT2D eigenvalue weighted by atomic mass is 35.5. The SMILES string of the molecule is CCCN1CCc2c(OCC#N)cc(C(=O)Cc3cccc(-c4cccc(-c5cnc(CN6CC(O)C6)c(OC)n5)c4Cl)c3Cl)nc2C1. The van der Waals surface area contributed by atoms with E-state index < -0.39 is 0 Å². The molecule has 6 rings (SSSR count). The van der Waals surface area contributed by atoms with Gasteiger partial charge in [0.05, 0.1) is 40.8 Å². The molecule has 0 saturated carbocycles. The summed E-state index contributed by atoms with van der Waals surface area (Å²) in [4.78, 5) is 32.2. The van der Waals surface area contributed by atoms with Gasteiger partial charge in [0.1, 0.15) is 23.2 Å². The van der Waals surface area contributed by atoms with Gasteiger partial charge >= 0.3 is 0 Å². The molecule has 2 aromatic heterocycles. The Hall–Kier alpha value is -4.11. The lowest BCUT2D eigenvalue weighted by molar-refractivity contribution is -0.00403. The third-order valence-electron chi connectivity index (χ3n) is 8.65. The molecule has 0 unspecified atom stereocenters. The lowest BCUT2D eigenvalue weighted by Gasteiger charge is -2.35. The van der Waals surface area contributed by atoms with Crippen LogP contribution in [0, 0.1) is 11.3 Å². The molecule has 0 radical (unpaired) electrons.